The van der Waals surface area contributed by atoms with Gasteiger partial charge in [0.25, 0.3) is 0 Å². The Morgan fingerprint density at radius 3 is 2.43 bits per heavy atom. The lowest BCUT2D eigenvalue weighted by Crippen LogP contribution is -2.46. The molecule has 1 heterocycles. The highest BCUT2D eigenvalue weighted by atomic mass is 16.1. The van der Waals surface area contributed by atoms with Crippen LogP contribution in [-0.4, -0.2) is 36.2 Å². The second kappa shape index (κ2) is 3.44. The maximum absolute atomic E-state index is 10.9. The first-order chi connectivity index (χ1) is 6.33. The molecular formula is C10H17N3O. The molecule has 4 nitrogen and oxygen atoms in total. The number of aliphatic imine (C=N–C) groups is 1. The van der Waals surface area contributed by atoms with Gasteiger partial charge in [-0.3, -0.25) is 4.79 Å². The number of hydrogen-bond acceptors (Lipinski definition) is 4. The van der Waals surface area contributed by atoms with Crippen molar-refractivity contribution in [3.8, 4) is 0 Å². The van der Waals surface area contributed by atoms with Crippen LogP contribution in [0.3, 0.4) is 0 Å². The summed E-state index contributed by atoms with van der Waals surface area (Å²) in [7, 11) is 3.89. The van der Waals surface area contributed by atoms with Crippen LogP contribution in [0.1, 0.15) is 20.8 Å². The minimum atomic E-state index is -0.204. The first-order valence-corrected chi connectivity index (χ1v) is 4.60. The second-order valence-electron chi connectivity index (χ2n) is 4.22. The summed E-state index contributed by atoms with van der Waals surface area (Å²) in [6.07, 6.45) is 1.51. The zero-order valence-electron chi connectivity index (χ0n) is 9.38. The highest BCUT2D eigenvalue weighted by molar-refractivity contribution is 5.95. The van der Waals surface area contributed by atoms with Crippen LogP contribution in [0.25, 0.3) is 0 Å². The van der Waals surface area contributed by atoms with E-state index in [9.17, 15) is 4.79 Å². The molecule has 78 valence electrons. The van der Waals surface area contributed by atoms with Crippen molar-refractivity contribution in [2.45, 2.75) is 26.3 Å². The molecule has 0 aromatic heterocycles. The van der Waals surface area contributed by atoms with Crippen molar-refractivity contribution in [3.05, 3.63) is 11.9 Å². The van der Waals surface area contributed by atoms with Crippen molar-refractivity contribution >= 4 is 11.6 Å². The van der Waals surface area contributed by atoms with E-state index in [0.29, 0.717) is 5.82 Å². The van der Waals surface area contributed by atoms with Crippen LogP contribution in [0.5, 0.6) is 0 Å². The van der Waals surface area contributed by atoms with Crippen molar-refractivity contribution in [1.82, 2.24) is 10.2 Å². The SMILES string of the molecule is CC(=O)C=C1N=C(N(C)C)C(C)(C)N1. The Bertz CT molecular complexity index is 313. The highest BCUT2D eigenvalue weighted by Gasteiger charge is 2.32. The molecule has 0 spiro atoms. The molecule has 0 unspecified atom stereocenters. The van der Waals surface area contributed by atoms with Gasteiger partial charge in [0.05, 0.1) is 5.54 Å². The van der Waals surface area contributed by atoms with Gasteiger partial charge in [0, 0.05) is 20.2 Å². The molecule has 0 saturated heterocycles. The molecule has 4 heteroatoms. The predicted octanol–water partition coefficient (Wildman–Crippen LogP) is 0.759. The zero-order chi connectivity index (χ0) is 10.9. The molecule has 0 aromatic carbocycles. The van der Waals surface area contributed by atoms with Gasteiger partial charge in [0.1, 0.15) is 11.7 Å². The molecule has 1 aliphatic rings. The lowest BCUT2D eigenvalue weighted by molar-refractivity contribution is -0.112. The number of allylic oxidation sites excluding steroid dienone is 1. The topological polar surface area (TPSA) is 44.7 Å². The predicted molar refractivity (Wildman–Crippen MR) is 57.1 cm³/mol. The maximum Gasteiger partial charge on any atom is 0.156 e. The van der Waals surface area contributed by atoms with Gasteiger partial charge in [-0.2, -0.15) is 0 Å². The molecule has 0 fully saturated rings. The van der Waals surface area contributed by atoms with Crippen LogP contribution >= 0.6 is 0 Å². The van der Waals surface area contributed by atoms with Gasteiger partial charge >= 0.3 is 0 Å². The number of carbonyl (C=O) groups excluding carboxylic acids is 1. The number of hydrogen-bond donors (Lipinski definition) is 1. The monoisotopic (exact) mass is 195 g/mol. The van der Waals surface area contributed by atoms with E-state index in [-0.39, 0.29) is 11.3 Å². The molecule has 1 rings (SSSR count). The van der Waals surface area contributed by atoms with E-state index in [2.05, 4.69) is 10.3 Å². The molecule has 0 saturated carbocycles. The fourth-order valence-electron chi connectivity index (χ4n) is 1.58. The van der Waals surface area contributed by atoms with Crippen LogP contribution < -0.4 is 5.32 Å². The normalized spacial score (nSPS) is 21.8. The summed E-state index contributed by atoms with van der Waals surface area (Å²) in [5.41, 5.74) is -0.204. The molecule has 0 atom stereocenters. The van der Waals surface area contributed by atoms with Crippen LogP contribution in [0, 0.1) is 0 Å². The fraction of sp³-hybridized carbons (Fsp3) is 0.600. The summed E-state index contributed by atoms with van der Waals surface area (Å²) in [4.78, 5) is 17.2. The number of ketones is 1. The first-order valence-electron chi connectivity index (χ1n) is 4.60. The summed E-state index contributed by atoms with van der Waals surface area (Å²) < 4.78 is 0. The van der Waals surface area contributed by atoms with Crippen LogP contribution in [0.15, 0.2) is 16.9 Å². The van der Waals surface area contributed by atoms with Gasteiger partial charge in [0.15, 0.2) is 5.78 Å². The number of amidine groups is 1. The Hall–Kier alpha value is -1.32. The summed E-state index contributed by atoms with van der Waals surface area (Å²) in [6, 6.07) is 0. The molecule has 0 bridgehead atoms. The average Bonchev–Trinajstić information content (AvgIpc) is 2.23. The van der Waals surface area contributed by atoms with Crippen molar-refractivity contribution in [3.63, 3.8) is 0 Å². The highest BCUT2D eigenvalue weighted by Crippen LogP contribution is 2.18. The zero-order valence-corrected chi connectivity index (χ0v) is 9.38. The van der Waals surface area contributed by atoms with E-state index in [4.69, 9.17) is 0 Å². The smallest absolute Gasteiger partial charge is 0.156 e. The summed E-state index contributed by atoms with van der Waals surface area (Å²) in [5.74, 6) is 1.59. The minimum absolute atomic E-state index is 0.00653. The molecule has 0 aromatic rings. The van der Waals surface area contributed by atoms with Crippen molar-refractivity contribution < 1.29 is 4.79 Å². The second-order valence-corrected chi connectivity index (χ2v) is 4.22. The maximum atomic E-state index is 10.9. The Labute approximate surface area is 84.7 Å². The van der Waals surface area contributed by atoms with Gasteiger partial charge in [0.2, 0.25) is 0 Å². The van der Waals surface area contributed by atoms with Gasteiger partial charge in [-0.1, -0.05) is 0 Å². The molecular weight excluding hydrogens is 178 g/mol. The lowest BCUT2D eigenvalue weighted by atomic mass is 10.1. The Morgan fingerprint density at radius 2 is 2.07 bits per heavy atom. The van der Waals surface area contributed by atoms with Crippen LogP contribution in [-0.2, 0) is 4.79 Å². The minimum Gasteiger partial charge on any atom is -0.364 e. The lowest BCUT2D eigenvalue weighted by Gasteiger charge is -2.26. The van der Waals surface area contributed by atoms with E-state index in [1.54, 1.807) is 0 Å². The molecule has 0 radical (unpaired) electrons. The number of rotatable bonds is 1. The van der Waals surface area contributed by atoms with E-state index >= 15 is 0 Å². The molecule has 0 amide bonds. The number of likely N-dealkylation sites (N-methyl/N-ethyl adjacent to an activating group) is 1. The fourth-order valence-corrected chi connectivity index (χ4v) is 1.58. The molecule has 1 aliphatic heterocycles. The number of carbonyl (C=O) groups is 1. The third-order valence-corrected chi connectivity index (χ3v) is 1.99. The van der Waals surface area contributed by atoms with Crippen molar-refractivity contribution in [2.75, 3.05) is 14.1 Å². The van der Waals surface area contributed by atoms with Crippen LogP contribution in [0.4, 0.5) is 0 Å². The van der Waals surface area contributed by atoms with Gasteiger partial charge in [-0.15, -0.1) is 0 Å². The summed E-state index contributed by atoms with van der Waals surface area (Å²) in [5, 5.41) is 3.19. The van der Waals surface area contributed by atoms with Crippen LogP contribution in [0.2, 0.25) is 0 Å². The number of nitrogens with zero attached hydrogens (tertiary/aromatic N) is 2. The first kappa shape index (κ1) is 10.8. The Morgan fingerprint density at radius 1 is 1.50 bits per heavy atom. The third kappa shape index (κ3) is 2.13. The molecule has 14 heavy (non-hydrogen) atoms. The average molecular weight is 195 g/mol. The molecule has 0 aliphatic carbocycles. The van der Waals surface area contributed by atoms with Crippen molar-refractivity contribution in [2.24, 2.45) is 4.99 Å². The quantitative estimate of drug-likeness (QED) is 0.628. The van der Waals surface area contributed by atoms with E-state index in [0.717, 1.165) is 5.84 Å². The van der Waals surface area contributed by atoms with E-state index in [1.807, 2.05) is 32.8 Å². The van der Waals surface area contributed by atoms with Crippen molar-refractivity contribution in [1.29, 1.82) is 0 Å². The standard InChI is InChI=1S/C10H17N3O/c1-7(14)6-8-11-9(13(4)5)10(2,3)12-8/h6,12H,1-5H3. The Balaban J connectivity index is 2.98. The molecule has 1 N–H and O–H groups in total. The summed E-state index contributed by atoms with van der Waals surface area (Å²) in [6.45, 7) is 5.59. The summed E-state index contributed by atoms with van der Waals surface area (Å²) >= 11 is 0. The van der Waals surface area contributed by atoms with E-state index in [1.165, 1.54) is 13.0 Å². The largest absolute Gasteiger partial charge is 0.364 e. The third-order valence-electron chi connectivity index (χ3n) is 1.99. The van der Waals surface area contributed by atoms with Gasteiger partial charge < -0.3 is 10.2 Å². The van der Waals surface area contributed by atoms with Gasteiger partial charge in [-0.05, 0) is 20.8 Å². The Kier molecular flexibility index (Phi) is 2.64. The number of nitrogens with one attached hydrogen (secondary N) is 1. The van der Waals surface area contributed by atoms with Gasteiger partial charge in [-0.25, -0.2) is 4.99 Å². The van der Waals surface area contributed by atoms with E-state index < -0.39 is 0 Å².